The predicted molar refractivity (Wildman–Crippen MR) is 94.7 cm³/mol. The Balaban J connectivity index is 0. The molecule has 0 unspecified atom stereocenters. The van der Waals surface area contributed by atoms with Crippen molar-refractivity contribution in [2.75, 3.05) is 7.05 Å². The summed E-state index contributed by atoms with van der Waals surface area (Å²) in [6.07, 6.45) is 1.12. The van der Waals surface area contributed by atoms with E-state index >= 15 is 0 Å². The minimum atomic E-state index is 0.175. The second-order valence-electron chi connectivity index (χ2n) is 6.06. The Morgan fingerprint density at radius 1 is 0.850 bits per heavy atom. The molecule has 0 saturated heterocycles. The molecule has 1 aromatic rings. The van der Waals surface area contributed by atoms with Gasteiger partial charge in [-0.25, -0.2) is 0 Å². The lowest BCUT2D eigenvalue weighted by Gasteiger charge is -2.35. The van der Waals surface area contributed by atoms with Crippen LogP contribution >= 0.6 is 0 Å². The fraction of sp³-hybridized carbons (Fsp3) is 0.684. The van der Waals surface area contributed by atoms with Crippen molar-refractivity contribution < 1.29 is 0 Å². The molecule has 20 heavy (non-hydrogen) atoms. The maximum absolute atomic E-state index is 3.38. The molecular weight excluding hydrogens is 242 g/mol. The molecule has 0 aliphatic heterocycles. The van der Waals surface area contributed by atoms with Crippen LogP contribution in [0.1, 0.15) is 72.9 Å². The average Bonchev–Trinajstić information content (AvgIpc) is 2.43. The Bertz CT molecular complexity index is 333. The molecule has 0 aromatic heterocycles. The van der Waals surface area contributed by atoms with E-state index in [0.29, 0.717) is 0 Å². The number of benzene rings is 1. The van der Waals surface area contributed by atoms with Gasteiger partial charge in [-0.3, -0.25) is 0 Å². The van der Waals surface area contributed by atoms with Gasteiger partial charge in [0, 0.05) is 5.54 Å². The number of nitrogens with one attached hydrogen (secondary N) is 1. The minimum Gasteiger partial charge on any atom is -0.315 e. The van der Waals surface area contributed by atoms with Gasteiger partial charge >= 0.3 is 0 Å². The van der Waals surface area contributed by atoms with Crippen LogP contribution in [0.25, 0.3) is 0 Å². The van der Waals surface area contributed by atoms with Gasteiger partial charge in [0.15, 0.2) is 0 Å². The first-order valence-electron chi connectivity index (χ1n) is 8.03. The molecule has 1 aromatic carbocycles. The molecule has 1 rings (SSSR count). The van der Waals surface area contributed by atoms with Crippen molar-refractivity contribution in [3.05, 3.63) is 35.4 Å². The van der Waals surface area contributed by atoms with Crippen molar-refractivity contribution in [2.45, 2.75) is 79.7 Å². The summed E-state index contributed by atoms with van der Waals surface area (Å²) in [5.74, 6) is 0. The lowest BCUT2D eigenvalue weighted by molar-refractivity contribution is 0.305. The molecule has 1 nitrogen and oxygen atoms in total. The van der Waals surface area contributed by atoms with Gasteiger partial charge in [-0.2, -0.15) is 0 Å². The summed E-state index contributed by atoms with van der Waals surface area (Å²) in [7, 11) is 2.03. The molecule has 0 heterocycles. The topological polar surface area (TPSA) is 12.0 Å². The molecule has 1 heteroatoms. The largest absolute Gasteiger partial charge is 0.315 e. The summed E-state index contributed by atoms with van der Waals surface area (Å²) < 4.78 is 0. The van der Waals surface area contributed by atoms with Crippen LogP contribution in [-0.2, 0) is 5.41 Å². The van der Waals surface area contributed by atoms with Crippen LogP contribution in [0.4, 0.5) is 0 Å². The zero-order valence-corrected chi connectivity index (χ0v) is 15.5. The third kappa shape index (κ3) is 7.69. The van der Waals surface area contributed by atoms with Gasteiger partial charge < -0.3 is 5.32 Å². The standard InChI is InChI=1S/C15H25N.2C2H6/c1-12-7-9-13(10-8-12)14(2,3)11-15(4,5)16-6;2*1-2/h7-10,16H,11H2,1-6H3;2*1-2H3. The van der Waals surface area contributed by atoms with Gasteiger partial charge in [0.25, 0.3) is 0 Å². The monoisotopic (exact) mass is 279 g/mol. The SMILES string of the molecule is CC.CC.CNC(C)(C)CC(C)(C)c1ccc(C)cc1. The van der Waals surface area contributed by atoms with E-state index in [0.717, 1.165) is 6.42 Å². The third-order valence-corrected chi connectivity index (χ3v) is 3.39. The van der Waals surface area contributed by atoms with Gasteiger partial charge in [-0.1, -0.05) is 71.4 Å². The van der Waals surface area contributed by atoms with Crippen LogP contribution in [0.2, 0.25) is 0 Å². The third-order valence-electron chi connectivity index (χ3n) is 3.39. The van der Waals surface area contributed by atoms with E-state index in [-0.39, 0.29) is 11.0 Å². The normalized spacial score (nSPS) is 10.9. The summed E-state index contributed by atoms with van der Waals surface area (Å²) in [4.78, 5) is 0. The van der Waals surface area contributed by atoms with E-state index in [1.165, 1.54) is 11.1 Å². The first kappa shape index (κ1) is 21.5. The highest BCUT2D eigenvalue weighted by atomic mass is 14.9. The molecule has 0 radical (unpaired) electrons. The zero-order chi connectivity index (χ0) is 16.4. The Hall–Kier alpha value is -0.820. The highest BCUT2D eigenvalue weighted by molar-refractivity contribution is 5.28. The van der Waals surface area contributed by atoms with Crippen molar-refractivity contribution >= 4 is 0 Å². The summed E-state index contributed by atoms with van der Waals surface area (Å²) in [5.41, 5.74) is 3.13. The van der Waals surface area contributed by atoms with Gasteiger partial charge in [0.2, 0.25) is 0 Å². The van der Waals surface area contributed by atoms with Crippen LogP contribution in [0.3, 0.4) is 0 Å². The van der Waals surface area contributed by atoms with Crippen LogP contribution in [0.15, 0.2) is 24.3 Å². The molecule has 0 amide bonds. The second kappa shape index (κ2) is 9.99. The first-order valence-corrected chi connectivity index (χ1v) is 8.03. The summed E-state index contributed by atoms with van der Waals surface area (Å²) in [6, 6.07) is 8.90. The van der Waals surface area contributed by atoms with Gasteiger partial charge in [0.1, 0.15) is 0 Å². The van der Waals surface area contributed by atoms with Gasteiger partial charge in [-0.15, -0.1) is 0 Å². The summed E-state index contributed by atoms with van der Waals surface area (Å²) in [6.45, 7) is 19.3. The van der Waals surface area contributed by atoms with E-state index < -0.39 is 0 Å². The Morgan fingerprint density at radius 3 is 1.60 bits per heavy atom. The van der Waals surface area contributed by atoms with Gasteiger partial charge in [-0.05, 0) is 45.2 Å². The van der Waals surface area contributed by atoms with E-state index in [1.807, 2.05) is 34.7 Å². The van der Waals surface area contributed by atoms with Crippen LogP contribution in [0, 0.1) is 6.92 Å². The maximum Gasteiger partial charge on any atom is 0.0130 e. The minimum absolute atomic E-state index is 0.175. The lowest BCUT2D eigenvalue weighted by Crippen LogP contribution is -2.41. The average molecular weight is 280 g/mol. The summed E-state index contributed by atoms with van der Waals surface area (Å²) in [5, 5.41) is 3.38. The molecule has 0 aliphatic carbocycles. The quantitative estimate of drug-likeness (QED) is 0.744. The molecule has 118 valence electrons. The lowest BCUT2D eigenvalue weighted by atomic mass is 9.75. The van der Waals surface area contributed by atoms with E-state index in [2.05, 4.69) is 64.2 Å². The number of aryl methyl sites for hydroxylation is 1. The number of rotatable bonds is 4. The molecular formula is C19H37N. The smallest absolute Gasteiger partial charge is 0.0130 e. The Labute approximate surface area is 128 Å². The van der Waals surface area contributed by atoms with Crippen LogP contribution in [0.5, 0.6) is 0 Å². The fourth-order valence-corrected chi connectivity index (χ4v) is 2.30. The van der Waals surface area contributed by atoms with Crippen molar-refractivity contribution in [3.8, 4) is 0 Å². The maximum atomic E-state index is 3.38. The predicted octanol–water partition coefficient (Wildman–Crippen LogP) is 5.71. The second-order valence-corrected chi connectivity index (χ2v) is 6.06. The molecule has 0 bridgehead atoms. The number of hydrogen-bond donors (Lipinski definition) is 1. The van der Waals surface area contributed by atoms with Crippen molar-refractivity contribution in [1.29, 1.82) is 0 Å². The fourth-order valence-electron chi connectivity index (χ4n) is 2.30. The molecule has 0 spiro atoms. The molecule has 0 aliphatic rings. The number of hydrogen-bond acceptors (Lipinski definition) is 1. The van der Waals surface area contributed by atoms with Crippen LogP contribution in [-0.4, -0.2) is 12.6 Å². The molecule has 0 fully saturated rings. The molecule has 1 N–H and O–H groups in total. The molecule has 0 saturated carbocycles. The highest BCUT2D eigenvalue weighted by Crippen LogP contribution is 2.32. The zero-order valence-electron chi connectivity index (χ0n) is 15.5. The van der Waals surface area contributed by atoms with E-state index in [1.54, 1.807) is 0 Å². The van der Waals surface area contributed by atoms with Gasteiger partial charge in [0.05, 0.1) is 0 Å². The summed E-state index contributed by atoms with van der Waals surface area (Å²) >= 11 is 0. The Morgan fingerprint density at radius 2 is 1.25 bits per heavy atom. The van der Waals surface area contributed by atoms with Crippen molar-refractivity contribution in [2.24, 2.45) is 0 Å². The van der Waals surface area contributed by atoms with E-state index in [4.69, 9.17) is 0 Å². The van der Waals surface area contributed by atoms with E-state index in [9.17, 15) is 0 Å². The molecule has 0 atom stereocenters. The highest BCUT2D eigenvalue weighted by Gasteiger charge is 2.28. The van der Waals surface area contributed by atoms with Crippen LogP contribution < -0.4 is 5.32 Å². The Kier molecular flexibility index (Phi) is 10.7. The first-order chi connectivity index (χ1) is 9.27. The van der Waals surface area contributed by atoms with Crippen molar-refractivity contribution in [1.82, 2.24) is 5.32 Å². The van der Waals surface area contributed by atoms with Crippen molar-refractivity contribution in [3.63, 3.8) is 0 Å².